The number of carbonyl (C=O) groups excluding carboxylic acids is 2. The van der Waals surface area contributed by atoms with E-state index in [0.29, 0.717) is 18.1 Å². The molecule has 3 aromatic rings. The molecule has 0 spiro atoms. The highest BCUT2D eigenvalue weighted by atomic mass is 32.1. The van der Waals surface area contributed by atoms with Gasteiger partial charge < -0.3 is 10.6 Å². The van der Waals surface area contributed by atoms with Crippen LogP contribution in [0.3, 0.4) is 0 Å². The number of anilines is 1. The maximum absolute atomic E-state index is 12.9. The minimum absolute atomic E-state index is 0.333. The Kier molecular flexibility index (Phi) is 7.91. The van der Waals surface area contributed by atoms with Crippen molar-refractivity contribution in [3.05, 3.63) is 66.2 Å². The van der Waals surface area contributed by atoms with Gasteiger partial charge in [-0.15, -0.1) is 10.2 Å². The predicted molar refractivity (Wildman–Crippen MR) is 119 cm³/mol. The molecule has 1 atom stereocenters. The number of benzene rings is 2. The summed E-state index contributed by atoms with van der Waals surface area (Å²) in [6.07, 6.45) is 2.24. The lowest BCUT2D eigenvalue weighted by atomic mass is 10.1. The van der Waals surface area contributed by atoms with Gasteiger partial charge in [-0.25, -0.2) is 4.79 Å². The summed E-state index contributed by atoms with van der Waals surface area (Å²) in [5.74, 6) is -0.333. The minimum Gasteiger partial charge on any atom is -0.338 e. The zero-order valence-corrected chi connectivity index (χ0v) is 17.6. The van der Waals surface area contributed by atoms with Crippen molar-refractivity contribution in [1.29, 1.82) is 0 Å². The van der Waals surface area contributed by atoms with Crippen LogP contribution in [-0.2, 0) is 11.2 Å². The van der Waals surface area contributed by atoms with Crippen LogP contribution in [0.5, 0.6) is 0 Å². The van der Waals surface area contributed by atoms with Crippen LogP contribution in [0.25, 0.3) is 10.6 Å². The van der Waals surface area contributed by atoms with Gasteiger partial charge in [-0.2, -0.15) is 0 Å². The van der Waals surface area contributed by atoms with Crippen LogP contribution in [0.2, 0.25) is 0 Å². The van der Waals surface area contributed by atoms with Crippen molar-refractivity contribution in [2.24, 2.45) is 0 Å². The Morgan fingerprint density at radius 2 is 1.70 bits per heavy atom. The Bertz CT molecular complexity index is 946. The van der Waals surface area contributed by atoms with Crippen molar-refractivity contribution in [1.82, 2.24) is 20.8 Å². The van der Waals surface area contributed by atoms with E-state index in [0.717, 1.165) is 29.0 Å². The van der Waals surface area contributed by atoms with Crippen LogP contribution in [0, 0.1) is 0 Å². The van der Waals surface area contributed by atoms with Crippen LogP contribution >= 0.6 is 11.3 Å². The summed E-state index contributed by atoms with van der Waals surface area (Å²) in [6, 6.07) is 18.1. The fourth-order valence-corrected chi connectivity index (χ4v) is 3.56. The van der Waals surface area contributed by atoms with Gasteiger partial charge >= 0.3 is 6.03 Å². The maximum Gasteiger partial charge on any atom is 0.315 e. The van der Waals surface area contributed by atoms with E-state index in [-0.39, 0.29) is 11.9 Å². The molecule has 3 rings (SSSR count). The lowest BCUT2D eigenvalue weighted by Crippen LogP contribution is -2.49. The molecule has 2 aromatic carbocycles. The smallest absolute Gasteiger partial charge is 0.315 e. The van der Waals surface area contributed by atoms with Gasteiger partial charge in [0.1, 0.15) is 11.0 Å². The van der Waals surface area contributed by atoms with E-state index in [1.807, 2.05) is 60.7 Å². The second-order valence-corrected chi connectivity index (χ2v) is 7.74. The van der Waals surface area contributed by atoms with E-state index < -0.39 is 6.04 Å². The van der Waals surface area contributed by atoms with Gasteiger partial charge in [-0.05, 0) is 12.0 Å². The normalized spacial score (nSPS) is 11.5. The molecule has 3 N–H and O–H groups in total. The van der Waals surface area contributed by atoms with E-state index in [2.05, 4.69) is 33.1 Å². The molecule has 156 valence electrons. The first-order valence-corrected chi connectivity index (χ1v) is 10.8. The second kappa shape index (κ2) is 11.1. The molecule has 30 heavy (non-hydrogen) atoms. The number of carbonyl (C=O) groups is 2. The first-order chi connectivity index (χ1) is 14.7. The molecule has 0 bridgehead atoms. The summed E-state index contributed by atoms with van der Waals surface area (Å²) in [5.41, 5.74) is 1.89. The molecule has 1 aromatic heterocycles. The molecule has 0 saturated carbocycles. The third-order valence-corrected chi connectivity index (χ3v) is 5.28. The van der Waals surface area contributed by atoms with E-state index in [4.69, 9.17) is 0 Å². The first kappa shape index (κ1) is 21.4. The molecule has 0 radical (unpaired) electrons. The van der Waals surface area contributed by atoms with Gasteiger partial charge in [0.2, 0.25) is 11.0 Å². The number of aromatic nitrogens is 2. The van der Waals surface area contributed by atoms with Crippen LogP contribution in [-0.4, -0.2) is 34.7 Å². The average molecular weight is 424 g/mol. The maximum atomic E-state index is 12.9. The Morgan fingerprint density at radius 1 is 1.00 bits per heavy atom. The predicted octanol–water partition coefficient (Wildman–Crippen LogP) is 3.85. The van der Waals surface area contributed by atoms with Crippen molar-refractivity contribution in [3.63, 3.8) is 0 Å². The second-order valence-electron chi connectivity index (χ2n) is 6.76. The number of nitrogens with one attached hydrogen (secondary N) is 3. The fraction of sp³-hybridized carbons (Fsp3) is 0.273. The highest BCUT2D eigenvalue weighted by Gasteiger charge is 2.22. The molecule has 8 heteroatoms. The largest absolute Gasteiger partial charge is 0.338 e. The number of hydrogen-bond donors (Lipinski definition) is 3. The molecule has 3 amide bonds. The Labute approximate surface area is 179 Å². The Balaban J connectivity index is 1.68. The first-order valence-electron chi connectivity index (χ1n) is 9.93. The lowest BCUT2D eigenvalue weighted by Gasteiger charge is -2.18. The summed E-state index contributed by atoms with van der Waals surface area (Å²) in [5, 5.41) is 17.7. The quantitative estimate of drug-likeness (QED) is 0.456. The van der Waals surface area contributed by atoms with Crippen LogP contribution in [0.15, 0.2) is 60.7 Å². The Hall–Kier alpha value is -3.26. The number of nitrogens with zero attached hydrogens (tertiary/aromatic N) is 2. The zero-order valence-electron chi connectivity index (χ0n) is 16.8. The van der Waals surface area contributed by atoms with E-state index in [9.17, 15) is 9.59 Å². The van der Waals surface area contributed by atoms with Gasteiger partial charge in [0.25, 0.3) is 0 Å². The van der Waals surface area contributed by atoms with Crippen LogP contribution in [0.4, 0.5) is 9.93 Å². The van der Waals surface area contributed by atoms with Crippen LogP contribution < -0.4 is 16.0 Å². The molecule has 0 fully saturated rings. The standard InChI is InChI=1S/C22H25N5O2S/c1-2-3-14-23-21(29)24-18(15-16-10-6-4-7-11-16)19(28)25-22-27-26-20(30-22)17-12-8-5-9-13-17/h4-13,18H,2-3,14-15H2,1H3,(H2,23,24,29)(H,25,27,28). The molecule has 7 nitrogen and oxygen atoms in total. The third kappa shape index (κ3) is 6.38. The van der Waals surface area contributed by atoms with E-state index in [1.165, 1.54) is 11.3 Å². The molecule has 0 saturated heterocycles. The van der Waals surface area contributed by atoms with Gasteiger partial charge in [0.05, 0.1) is 0 Å². The third-order valence-electron chi connectivity index (χ3n) is 4.40. The monoisotopic (exact) mass is 423 g/mol. The summed E-state index contributed by atoms with van der Waals surface area (Å²) < 4.78 is 0. The Morgan fingerprint density at radius 3 is 2.40 bits per heavy atom. The van der Waals surface area contributed by atoms with Crippen molar-refractivity contribution in [3.8, 4) is 10.6 Å². The highest BCUT2D eigenvalue weighted by molar-refractivity contribution is 7.18. The van der Waals surface area contributed by atoms with Gasteiger partial charge in [0.15, 0.2) is 0 Å². The van der Waals surface area contributed by atoms with E-state index >= 15 is 0 Å². The average Bonchev–Trinajstić information content (AvgIpc) is 3.23. The number of amides is 3. The molecule has 1 unspecified atom stereocenters. The summed E-state index contributed by atoms with van der Waals surface area (Å²) >= 11 is 1.29. The number of unbranched alkanes of at least 4 members (excludes halogenated alkanes) is 1. The SMILES string of the molecule is CCCCNC(=O)NC(Cc1ccccc1)C(=O)Nc1nnc(-c2ccccc2)s1. The summed E-state index contributed by atoms with van der Waals surface area (Å²) in [4.78, 5) is 25.2. The van der Waals surface area contributed by atoms with Crippen molar-refractivity contribution in [2.45, 2.75) is 32.2 Å². The van der Waals surface area contributed by atoms with Crippen molar-refractivity contribution in [2.75, 3.05) is 11.9 Å². The van der Waals surface area contributed by atoms with Gasteiger partial charge in [-0.3, -0.25) is 10.1 Å². The topological polar surface area (TPSA) is 96.0 Å². The molecule has 1 heterocycles. The molecule has 0 aliphatic rings. The highest BCUT2D eigenvalue weighted by Crippen LogP contribution is 2.26. The number of urea groups is 1. The summed E-state index contributed by atoms with van der Waals surface area (Å²) in [7, 11) is 0. The van der Waals surface area contributed by atoms with Gasteiger partial charge in [-0.1, -0.05) is 85.3 Å². The number of hydrogen-bond acceptors (Lipinski definition) is 5. The molecular formula is C22H25N5O2S. The summed E-state index contributed by atoms with van der Waals surface area (Å²) in [6.45, 7) is 2.62. The molecular weight excluding hydrogens is 398 g/mol. The zero-order chi connectivity index (χ0) is 21.2. The van der Waals surface area contributed by atoms with Crippen molar-refractivity contribution >= 4 is 28.4 Å². The van der Waals surface area contributed by atoms with Gasteiger partial charge in [0, 0.05) is 18.5 Å². The number of rotatable bonds is 9. The van der Waals surface area contributed by atoms with Crippen LogP contribution in [0.1, 0.15) is 25.3 Å². The van der Waals surface area contributed by atoms with Crippen molar-refractivity contribution < 1.29 is 9.59 Å². The molecule has 0 aliphatic carbocycles. The lowest BCUT2D eigenvalue weighted by molar-refractivity contribution is -0.117. The fourth-order valence-electron chi connectivity index (χ4n) is 2.81. The minimum atomic E-state index is -0.738. The molecule has 0 aliphatic heterocycles. The van der Waals surface area contributed by atoms with E-state index in [1.54, 1.807) is 0 Å².